The van der Waals surface area contributed by atoms with E-state index in [0.29, 0.717) is 42.0 Å². The van der Waals surface area contributed by atoms with Gasteiger partial charge < -0.3 is 10.1 Å². The van der Waals surface area contributed by atoms with Crippen LogP contribution in [0.5, 0.6) is 0 Å². The SMILES string of the molecule is Cc1nc(N[C@H](C)c2cccc(C(F)(F)F)c2)c2cc(C3CCOCC3)c3nccn3c2n1. The van der Waals surface area contributed by atoms with Gasteiger partial charge in [-0.2, -0.15) is 13.2 Å². The zero-order valence-corrected chi connectivity index (χ0v) is 18.4. The summed E-state index contributed by atoms with van der Waals surface area (Å²) in [6.07, 6.45) is 1.06. The van der Waals surface area contributed by atoms with E-state index < -0.39 is 17.8 Å². The summed E-state index contributed by atoms with van der Waals surface area (Å²) in [7, 11) is 0. The summed E-state index contributed by atoms with van der Waals surface area (Å²) in [6.45, 7) is 5.04. The molecule has 4 heterocycles. The summed E-state index contributed by atoms with van der Waals surface area (Å²) in [6, 6.07) is 7.05. The Kier molecular flexibility index (Phi) is 5.44. The second kappa shape index (κ2) is 8.30. The van der Waals surface area contributed by atoms with Crippen LogP contribution >= 0.6 is 0 Å². The number of hydrogen-bond acceptors (Lipinski definition) is 5. The Hall–Kier alpha value is -3.20. The predicted octanol–water partition coefficient (Wildman–Crippen LogP) is 5.67. The molecule has 0 aliphatic carbocycles. The number of hydrogen-bond donors (Lipinski definition) is 1. The Bertz CT molecular complexity index is 1310. The van der Waals surface area contributed by atoms with Crippen molar-refractivity contribution in [2.24, 2.45) is 0 Å². The van der Waals surface area contributed by atoms with Gasteiger partial charge in [0.05, 0.1) is 10.9 Å². The maximum atomic E-state index is 13.2. The summed E-state index contributed by atoms with van der Waals surface area (Å²) in [5.74, 6) is 1.46. The molecule has 5 rings (SSSR count). The molecule has 0 unspecified atom stereocenters. The molecule has 1 atom stereocenters. The third-order valence-corrected chi connectivity index (χ3v) is 6.19. The van der Waals surface area contributed by atoms with Gasteiger partial charge in [0.15, 0.2) is 5.65 Å². The highest BCUT2D eigenvalue weighted by Gasteiger charge is 2.31. The molecular formula is C24H24F3N5O. The zero-order chi connectivity index (χ0) is 23.2. The first-order valence-corrected chi connectivity index (χ1v) is 11.0. The number of ether oxygens (including phenoxy) is 1. The number of nitrogens with one attached hydrogen (secondary N) is 1. The first kappa shape index (κ1) is 21.6. The number of benzene rings is 1. The lowest BCUT2D eigenvalue weighted by Gasteiger charge is -2.24. The summed E-state index contributed by atoms with van der Waals surface area (Å²) < 4.78 is 47.1. The van der Waals surface area contributed by atoms with E-state index in [-0.39, 0.29) is 0 Å². The van der Waals surface area contributed by atoms with E-state index in [4.69, 9.17) is 4.74 Å². The Morgan fingerprint density at radius 2 is 1.91 bits per heavy atom. The van der Waals surface area contributed by atoms with Gasteiger partial charge in [-0.1, -0.05) is 12.1 Å². The topological polar surface area (TPSA) is 64.3 Å². The lowest BCUT2D eigenvalue weighted by atomic mass is 9.91. The van der Waals surface area contributed by atoms with Crippen LogP contribution in [0.1, 0.15) is 54.2 Å². The van der Waals surface area contributed by atoms with Crippen molar-refractivity contribution in [3.05, 3.63) is 65.2 Å². The average molecular weight is 455 g/mol. The molecule has 6 nitrogen and oxygen atoms in total. The number of alkyl halides is 3. The molecule has 1 aliphatic rings. The van der Waals surface area contributed by atoms with Gasteiger partial charge in [-0.15, -0.1) is 0 Å². The molecule has 1 aliphatic heterocycles. The number of aromatic nitrogens is 4. The summed E-state index contributed by atoms with van der Waals surface area (Å²) in [4.78, 5) is 13.8. The number of halogens is 3. The van der Waals surface area contributed by atoms with Gasteiger partial charge in [0.25, 0.3) is 0 Å². The third kappa shape index (κ3) is 4.13. The van der Waals surface area contributed by atoms with Crippen LogP contribution < -0.4 is 5.32 Å². The number of aryl methyl sites for hydroxylation is 1. The van der Waals surface area contributed by atoms with Gasteiger partial charge in [0.1, 0.15) is 17.3 Å². The molecule has 1 N–H and O–H groups in total. The van der Waals surface area contributed by atoms with Crippen molar-refractivity contribution in [1.82, 2.24) is 19.4 Å². The van der Waals surface area contributed by atoms with Gasteiger partial charge in [-0.3, -0.25) is 4.40 Å². The molecule has 9 heteroatoms. The van der Waals surface area contributed by atoms with Crippen LogP contribution in [-0.2, 0) is 10.9 Å². The molecule has 0 amide bonds. The van der Waals surface area contributed by atoms with E-state index in [1.165, 1.54) is 12.1 Å². The molecule has 0 bridgehead atoms. The zero-order valence-electron chi connectivity index (χ0n) is 18.4. The summed E-state index contributed by atoms with van der Waals surface area (Å²) >= 11 is 0. The Morgan fingerprint density at radius 3 is 2.67 bits per heavy atom. The molecule has 1 saturated heterocycles. The quantitative estimate of drug-likeness (QED) is 0.429. The number of fused-ring (bicyclic) bond motifs is 3. The van der Waals surface area contributed by atoms with Crippen molar-refractivity contribution in [3.8, 4) is 0 Å². The second-order valence-electron chi connectivity index (χ2n) is 8.45. The maximum absolute atomic E-state index is 13.2. The summed E-state index contributed by atoms with van der Waals surface area (Å²) in [5, 5.41) is 4.14. The minimum atomic E-state index is -4.39. The fraction of sp³-hybridized carbons (Fsp3) is 0.375. The maximum Gasteiger partial charge on any atom is 0.416 e. The second-order valence-corrected chi connectivity index (χ2v) is 8.45. The fourth-order valence-electron chi connectivity index (χ4n) is 4.48. The van der Waals surface area contributed by atoms with E-state index in [0.717, 1.165) is 35.5 Å². The van der Waals surface area contributed by atoms with Crippen molar-refractivity contribution in [3.63, 3.8) is 0 Å². The van der Waals surface area contributed by atoms with Crippen molar-refractivity contribution in [1.29, 1.82) is 0 Å². The minimum absolute atomic E-state index is 0.308. The van der Waals surface area contributed by atoms with Crippen molar-refractivity contribution in [2.45, 2.75) is 44.8 Å². The van der Waals surface area contributed by atoms with Gasteiger partial charge in [0, 0.05) is 31.6 Å². The lowest BCUT2D eigenvalue weighted by molar-refractivity contribution is -0.137. The van der Waals surface area contributed by atoms with Gasteiger partial charge in [-0.05, 0) is 61.9 Å². The Labute approximate surface area is 188 Å². The van der Waals surface area contributed by atoms with Crippen molar-refractivity contribution in [2.75, 3.05) is 18.5 Å². The van der Waals surface area contributed by atoms with E-state index in [2.05, 4.69) is 26.3 Å². The molecule has 1 aromatic carbocycles. The highest BCUT2D eigenvalue weighted by Crippen LogP contribution is 2.35. The molecule has 3 aromatic heterocycles. The number of anilines is 1. The highest BCUT2D eigenvalue weighted by molar-refractivity contribution is 5.90. The first-order valence-electron chi connectivity index (χ1n) is 11.0. The first-order chi connectivity index (χ1) is 15.8. The number of pyridine rings is 1. The monoisotopic (exact) mass is 455 g/mol. The standard InChI is InChI=1S/C24H24F3N5O/c1-14(17-4-3-5-18(12-17)24(25,26)27)29-21-20-13-19(16-6-10-33-11-7-16)22-28-8-9-32(22)23(20)31-15(2)30-21/h3-5,8-9,12-14,16H,6-7,10-11H2,1-2H3,(H,29,30,31)/t14-/m1/s1. The van der Waals surface area contributed by atoms with Crippen LogP contribution in [-0.4, -0.2) is 32.6 Å². The molecule has 0 spiro atoms. The predicted molar refractivity (Wildman–Crippen MR) is 119 cm³/mol. The molecule has 4 aromatic rings. The molecule has 172 valence electrons. The van der Waals surface area contributed by atoms with Crippen LogP contribution in [0.2, 0.25) is 0 Å². The van der Waals surface area contributed by atoms with E-state index in [1.54, 1.807) is 19.2 Å². The van der Waals surface area contributed by atoms with E-state index in [9.17, 15) is 13.2 Å². The fourth-order valence-corrected chi connectivity index (χ4v) is 4.48. The van der Waals surface area contributed by atoms with Gasteiger partial charge in [-0.25, -0.2) is 15.0 Å². The van der Waals surface area contributed by atoms with Crippen LogP contribution in [0.4, 0.5) is 19.0 Å². The lowest BCUT2D eigenvalue weighted by Crippen LogP contribution is -2.16. The third-order valence-electron chi connectivity index (χ3n) is 6.19. The van der Waals surface area contributed by atoms with Crippen LogP contribution in [0, 0.1) is 6.92 Å². The average Bonchev–Trinajstić information content (AvgIpc) is 3.29. The minimum Gasteiger partial charge on any atom is -0.381 e. The van der Waals surface area contributed by atoms with E-state index >= 15 is 0 Å². The molecular weight excluding hydrogens is 431 g/mol. The number of nitrogens with zero attached hydrogens (tertiary/aromatic N) is 4. The van der Waals surface area contributed by atoms with E-state index in [1.807, 2.05) is 17.5 Å². The number of imidazole rings is 1. The Balaban J connectivity index is 1.59. The van der Waals surface area contributed by atoms with Crippen LogP contribution in [0.25, 0.3) is 16.7 Å². The smallest absolute Gasteiger partial charge is 0.381 e. The van der Waals surface area contributed by atoms with Gasteiger partial charge >= 0.3 is 6.18 Å². The van der Waals surface area contributed by atoms with Crippen molar-refractivity contribution >= 4 is 22.5 Å². The molecule has 1 fully saturated rings. The normalized spacial score (nSPS) is 16.4. The molecule has 0 saturated carbocycles. The molecule has 33 heavy (non-hydrogen) atoms. The summed E-state index contributed by atoms with van der Waals surface area (Å²) in [5.41, 5.74) is 2.55. The van der Waals surface area contributed by atoms with Gasteiger partial charge in [0.2, 0.25) is 0 Å². The largest absolute Gasteiger partial charge is 0.416 e. The van der Waals surface area contributed by atoms with Crippen LogP contribution in [0.3, 0.4) is 0 Å². The Morgan fingerprint density at radius 1 is 1.12 bits per heavy atom. The van der Waals surface area contributed by atoms with Crippen LogP contribution in [0.15, 0.2) is 42.7 Å². The number of rotatable bonds is 4. The van der Waals surface area contributed by atoms with Crippen molar-refractivity contribution < 1.29 is 17.9 Å². The molecule has 0 radical (unpaired) electrons. The highest BCUT2D eigenvalue weighted by atomic mass is 19.4.